The summed E-state index contributed by atoms with van der Waals surface area (Å²) in [6.07, 6.45) is 4.10. The molecule has 6 nitrogen and oxygen atoms in total. The van der Waals surface area contributed by atoms with Crippen molar-refractivity contribution in [2.24, 2.45) is 17.8 Å². The van der Waals surface area contributed by atoms with Crippen LogP contribution in [-0.4, -0.2) is 47.0 Å². The number of hydrogen-bond acceptors (Lipinski definition) is 5. The number of likely N-dealkylation sites (tertiary alicyclic amines) is 1. The van der Waals surface area contributed by atoms with E-state index in [1.807, 2.05) is 4.90 Å². The predicted molar refractivity (Wildman–Crippen MR) is 106 cm³/mol. The van der Waals surface area contributed by atoms with E-state index >= 15 is 0 Å². The van der Waals surface area contributed by atoms with Crippen LogP contribution in [0.3, 0.4) is 0 Å². The van der Waals surface area contributed by atoms with E-state index in [2.05, 4.69) is 17.2 Å². The van der Waals surface area contributed by atoms with Crippen LogP contribution in [0.4, 0.5) is 0 Å². The van der Waals surface area contributed by atoms with Crippen molar-refractivity contribution in [2.45, 2.75) is 39.0 Å². The SMILES string of the molecule is CC1CCc2c(sc3nc(CCC(=O)N4C[C@H]5CNC[C@H]5C4)[nH]c(=O)c23)C1. The fourth-order valence-corrected chi connectivity index (χ4v) is 6.36. The summed E-state index contributed by atoms with van der Waals surface area (Å²) in [6, 6.07) is 0. The molecule has 0 aromatic carbocycles. The molecule has 2 fully saturated rings. The van der Waals surface area contributed by atoms with Gasteiger partial charge in [0.15, 0.2) is 0 Å². The summed E-state index contributed by atoms with van der Waals surface area (Å²) in [6.45, 7) is 6.07. The Morgan fingerprint density at radius 3 is 2.85 bits per heavy atom. The summed E-state index contributed by atoms with van der Waals surface area (Å²) < 4.78 is 0. The van der Waals surface area contributed by atoms with Gasteiger partial charge in [-0.15, -0.1) is 11.3 Å². The molecule has 144 valence electrons. The third kappa shape index (κ3) is 3.10. The molecular formula is C20H26N4O2S. The van der Waals surface area contributed by atoms with E-state index in [1.54, 1.807) is 11.3 Å². The fraction of sp³-hybridized carbons (Fsp3) is 0.650. The number of hydrogen-bond donors (Lipinski definition) is 2. The van der Waals surface area contributed by atoms with E-state index in [1.165, 1.54) is 10.4 Å². The zero-order valence-electron chi connectivity index (χ0n) is 15.7. The minimum atomic E-state index is -0.0312. The lowest BCUT2D eigenvalue weighted by Gasteiger charge is -2.17. The van der Waals surface area contributed by atoms with E-state index in [9.17, 15) is 9.59 Å². The molecular weight excluding hydrogens is 360 g/mol. The Kier molecular flexibility index (Phi) is 4.31. The number of aromatic amines is 1. The maximum Gasteiger partial charge on any atom is 0.259 e. The number of nitrogens with one attached hydrogen (secondary N) is 2. The first-order chi connectivity index (χ1) is 13.1. The third-order valence-electron chi connectivity index (χ3n) is 6.53. The largest absolute Gasteiger partial charge is 0.342 e. The second kappa shape index (κ2) is 6.71. The van der Waals surface area contributed by atoms with Crippen LogP contribution < -0.4 is 10.9 Å². The van der Waals surface area contributed by atoms with E-state index in [-0.39, 0.29) is 11.5 Å². The molecule has 0 saturated carbocycles. The highest BCUT2D eigenvalue weighted by Crippen LogP contribution is 2.35. The third-order valence-corrected chi connectivity index (χ3v) is 7.68. The smallest absolute Gasteiger partial charge is 0.259 e. The first kappa shape index (κ1) is 17.4. The number of aryl methyl sites for hydroxylation is 2. The van der Waals surface area contributed by atoms with Crippen molar-refractivity contribution in [2.75, 3.05) is 26.2 Å². The van der Waals surface area contributed by atoms with Gasteiger partial charge in [-0.1, -0.05) is 6.92 Å². The lowest BCUT2D eigenvalue weighted by Crippen LogP contribution is -2.32. The molecule has 3 atom stereocenters. The monoisotopic (exact) mass is 386 g/mol. The van der Waals surface area contributed by atoms with Crippen LogP contribution >= 0.6 is 11.3 Å². The molecule has 5 rings (SSSR count). The summed E-state index contributed by atoms with van der Waals surface area (Å²) in [4.78, 5) is 37.1. The average Bonchev–Trinajstić information content (AvgIpc) is 3.31. The van der Waals surface area contributed by atoms with E-state index in [4.69, 9.17) is 4.98 Å². The minimum Gasteiger partial charge on any atom is -0.342 e. The summed E-state index contributed by atoms with van der Waals surface area (Å²) in [5, 5.41) is 4.19. The Hall–Kier alpha value is -1.73. The number of fused-ring (bicyclic) bond motifs is 4. The molecule has 0 radical (unpaired) electrons. The van der Waals surface area contributed by atoms with Crippen molar-refractivity contribution < 1.29 is 4.79 Å². The highest BCUT2D eigenvalue weighted by atomic mass is 32.1. The van der Waals surface area contributed by atoms with Crippen molar-refractivity contribution >= 4 is 27.5 Å². The molecule has 1 unspecified atom stereocenters. The molecule has 0 bridgehead atoms. The fourth-order valence-electron chi connectivity index (χ4n) is 4.95. The molecule has 2 aromatic heterocycles. The maximum absolute atomic E-state index is 12.7. The molecule has 2 saturated heterocycles. The first-order valence-electron chi connectivity index (χ1n) is 10.1. The average molecular weight is 387 g/mol. The Morgan fingerprint density at radius 2 is 2.07 bits per heavy atom. The van der Waals surface area contributed by atoms with Crippen molar-refractivity contribution in [1.29, 1.82) is 0 Å². The number of rotatable bonds is 3. The summed E-state index contributed by atoms with van der Waals surface area (Å²) >= 11 is 1.67. The van der Waals surface area contributed by atoms with Gasteiger partial charge in [0.2, 0.25) is 5.91 Å². The molecule has 2 aliphatic heterocycles. The summed E-state index contributed by atoms with van der Waals surface area (Å²) in [5.41, 5.74) is 1.18. The Morgan fingerprint density at radius 1 is 1.30 bits per heavy atom. The zero-order valence-corrected chi connectivity index (χ0v) is 16.5. The van der Waals surface area contributed by atoms with E-state index in [0.717, 1.165) is 55.7 Å². The van der Waals surface area contributed by atoms with Gasteiger partial charge in [-0.2, -0.15) is 0 Å². The normalized spacial score (nSPS) is 27.1. The molecule has 2 N–H and O–H groups in total. The highest BCUT2D eigenvalue weighted by molar-refractivity contribution is 7.18. The number of amides is 1. The molecule has 1 amide bonds. The van der Waals surface area contributed by atoms with Gasteiger partial charge in [0.25, 0.3) is 5.56 Å². The number of nitrogens with zero attached hydrogens (tertiary/aromatic N) is 2. The lowest BCUT2D eigenvalue weighted by atomic mass is 9.89. The van der Waals surface area contributed by atoms with Gasteiger partial charge < -0.3 is 15.2 Å². The van der Waals surface area contributed by atoms with Gasteiger partial charge in [0, 0.05) is 43.9 Å². The van der Waals surface area contributed by atoms with Crippen LogP contribution in [0.2, 0.25) is 0 Å². The van der Waals surface area contributed by atoms with Crippen LogP contribution in [0, 0.1) is 17.8 Å². The van der Waals surface area contributed by atoms with Crippen LogP contribution in [0.25, 0.3) is 10.2 Å². The number of H-pyrrole nitrogens is 1. The van der Waals surface area contributed by atoms with E-state index in [0.29, 0.717) is 36.4 Å². The van der Waals surface area contributed by atoms with Crippen LogP contribution in [-0.2, 0) is 24.1 Å². The standard InChI is InChI=1S/C20H26N4O2S/c1-11-2-3-14-15(6-11)27-20-18(14)19(26)22-16(23-20)4-5-17(25)24-9-12-7-21-8-13(12)10-24/h11-13,21H,2-10H2,1H3,(H,22,23,26)/t11?,12-,13+. The van der Waals surface area contributed by atoms with Crippen LogP contribution in [0.15, 0.2) is 4.79 Å². The number of thiophene rings is 1. The molecule has 4 heterocycles. The summed E-state index contributed by atoms with van der Waals surface area (Å²) in [7, 11) is 0. The first-order valence-corrected chi connectivity index (χ1v) is 10.9. The number of carbonyl (C=O) groups excluding carboxylic acids is 1. The van der Waals surface area contributed by atoms with Crippen molar-refractivity contribution in [3.05, 3.63) is 26.6 Å². The van der Waals surface area contributed by atoms with Gasteiger partial charge >= 0.3 is 0 Å². The minimum absolute atomic E-state index is 0.0312. The highest BCUT2D eigenvalue weighted by Gasteiger charge is 2.37. The molecule has 3 aliphatic rings. The predicted octanol–water partition coefficient (Wildman–Crippen LogP) is 1.72. The molecule has 0 spiro atoms. The Balaban J connectivity index is 1.31. The van der Waals surface area contributed by atoms with E-state index < -0.39 is 0 Å². The second-order valence-corrected chi connectivity index (χ2v) is 9.61. The van der Waals surface area contributed by atoms with Crippen molar-refractivity contribution in [3.8, 4) is 0 Å². The van der Waals surface area contributed by atoms with Gasteiger partial charge in [-0.3, -0.25) is 9.59 Å². The molecule has 2 aromatic rings. The topological polar surface area (TPSA) is 78.1 Å². The molecule has 27 heavy (non-hydrogen) atoms. The van der Waals surface area contributed by atoms with Crippen molar-refractivity contribution in [3.63, 3.8) is 0 Å². The Labute approximate surface area is 162 Å². The van der Waals surface area contributed by atoms with Gasteiger partial charge in [-0.05, 0) is 42.6 Å². The number of carbonyl (C=O) groups is 1. The maximum atomic E-state index is 12.7. The number of aromatic nitrogens is 2. The van der Waals surface area contributed by atoms with Gasteiger partial charge in [-0.25, -0.2) is 4.98 Å². The zero-order chi connectivity index (χ0) is 18.5. The van der Waals surface area contributed by atoms with Crippen molar-refractivity contribution in [1.82, 2.24) is 20.2 Å². The van der Waals surface area contributed by atoms with Gasteiger partial charge in [0.05, 0.1) is 5.39 Å². The second-order valence-electron chi connectivity index (χ2n) is 8.52. The lowest BCUT2D eigenvalue weighted by molar-refractivity contribution is -0.130. The molecule has 1 aliphatic carbocycles. The molecule has 7 heteroatoms. The quantitative estimate of drug-likeness (QED) is 0.842. The Bertz CT molecular complexity index is 937. The van der Waals surface area contributed by atoms with Crippen LogP contribution in [0.5, 0.6) is 0 Å². The van der Waals surface area contributed by atoms with Crippen LogP contribution in [0.1, 0.15) is 36.0 Å². The summed E-state index contributed by atoms with van der Waals surface area (Å²) in [5.74, 6) is 2.74. The van der Waals surface area contributed by atoms with Gasteiger partial charge in [0.1, 0.15) is 10.7 Å².